The van der Waals surface area contributed by atoms with E-state index < -0.39 is 0 Å². The van der Waals surface area contributed by atoms with E-state index in [1.165, 1.54) is 37.1 Å². The minimum Gasteiger partial charge on any atom is -0.396 e. The topological polar surface area (TPSA) is 32.6 Å². The van der Waals surface area contributed by atoms with Crippen LogP contribution in [0.2, 0.25) is 0 Å². The van der Waals surface area contributed by atoms with E-state index in [0.717, 1.165) is 24.6 Å². The fourth-order valence-electron chi connectivity index (χ4n) is 1.76. The maximum Gasteiger partial charge on any atom is 0.0521 e. The van der Waals surface area contributed by atoms with Crippen LogP contribution in [0, 0.1) is 5.92 Å². The fourth-order valence-corrected chi connectivity index (χ4v) is 2.50. The zero-order valence-corrected chi connectivity index (χ0v) is 12.6. The van der Waals surface area contributed by atoms with Crippen LogP contribution in [-0.4, -0.2) is 35.5 Å². The number of hydrogen-bond acceptors (Lipinski definition) is 3. The van der Waals surface area contributed by atoms with Gasteiger partial charge in [-0.05, 0) is 37.9 Å². The predicted octanol–water partition coefficient (Wildman–Crippen LogP) is 3.78. The van der Waals surface area contributed by atoms with Gasteiger partial charge >= 0.3 is 0 Å². The number of unbranched alkanes of at least 4 members (excludes halogenated alkanes) is 3. The van der Waals surface area contributed by atoms with Gasteiger partial charge in [-0.3, -0.25) is 4.99 Å². The molecule has 0 aliphatic heterocycles. The number of thioether (sulfide) groups is 1. The van der Waals surface area contributed by atoms with Gasteiger partial charge in [0.25, 0.3) is 0 Å². The molecule has 0 heterocycles. The lowest BCUT2D eigenvalue weighted by atomic mass is 10.1. The van der Waals surface area contributed by atoms with E-state index in [2.05, 4.69) is 25.8 Å². The Hall–Kier alpha value is -0.0200. The summed E-state index contributed by atoms with van der Waals surface area (Å²) in [5.41, 5.74) is 1.30. The standard InChI is InChI=1S/C14H29NOS/c1-13(2)12-14(3)15-8-6-4-5-7-10-17-11-9-16/h13,16H,4-12H2,1-3H3. The Balaban J connectivity index is 3.22. The van der Waals surface area contributed by atoms with E-state index in [1.807, 2.05) is 11.8 Å². The van der Waals surface area contributed by atoms with Gasteiger partial charge in [-0.1, -0.05) is 26.7 Å². The number of rotatable bonds is 11. The molecule has 0 saturated heterocycles. The highest BCUT2D eigenvalue weighted by atomic mass is 32.2. The molecule has 0 bridgehead atoms. The van der Waals surface area contributed by atoms with Crippen LogP contribution in [0.1, 0.15) is 52.9 Å². The SMILES string of the molecule is CC(CC(C)C)=NCCCCCCSCCO. The lowest BCUT2D eigenvalue weighted by Crippen LogP contribution is -1.99. The molecule has 0 rings (SSSR count). The van der Waals surface area contributed by atoms with Crippen molar-refractivity contribution in [3.8, 4) is 0 Å². The predicted molar refractivity (Wildman–Crippen MR) is 80.3 cm³/mol. The molecule has 0 aromatic carbocycles. The molecule has 0 aliphatic rings. The molecular weight excluding hydrogens is 230 g/mol. The molecule has 0 spiro atoms. The summed E-state index contributed by atoms with van der Waals surface area (Å²) in [5.74, 6) is 2.80. The molecule has 102 valence electrons. The van der Waals surface area contributed by atoms with E-state index in [1.54, 1.807) is 0 Å². The van der Waals surface area contributed by atoms with Gasteiger partial charge in [0.05, 0.1) is 6.61 Å². The minimum atomic E-state index is 0.314. The molecule has 0 aliphatic carbocycles. The molecule has 1 N–H and O–H groups in total. The summed E-state index contributed by atoms with van der Waals surface area (Å²) in [5, 5.41) is 8.62. The van der Waals surface area contributed by atoms with Crippen molar-refractivity contribution in [3.05, 3.63) is 0 Å². The minimum absolute atomic E-state index is 0.314. The molecule has 0 radical (unpaired) electrons. The van der Waals surface area contributed by atoms with Crippen LogP contribution >= 0.6 is 11.8 Å². The van der Waals surface area contributed by atoms with Crippen molar-refractivity contribution >= 4 is 17.5 Å². The quantitative estimate of drug-likeness (QED) is 0.452. The molecule has 0 atom stereocenters. The Kier molecular flexibility index (Phi) is 12.4. The van der Waals surface area contributed by atoms with E-state index in [9.17, 15) is 0 Å². The zero-order valence-electron chi connectivity index (χ0n) is 11.7. The van der Waals surface area contributed by atoms with Crippen molar-refractivity contribution in [2.75, 3.05) is 24.7 Å². The Morgan fingerprint density at radius 3 is 2.47 bits per heavy atom. The summed E-state index contributed by atoms with van der Waals surface area (Å²) < 4.78 is 0. The Morgan fingerprint density at radius 2 is 1.82 bits per heavy atom. The summed E-state index contributed by atoms with van der Waals surface area (Å²) in [7, 11) is 0. The zero-order chi connectivity index (χ0) is 12.9. The molecule has 0 aromatic rings. The van der Waals surface area contributed by atoms with Gasteiger partial charge < -0.3 is 5.11 Å². The second kappa shape index (κ2) is 12.4. The first-order valence-electron chi connectivity index (χ1n) is 6.85. The fraction of sp³-hybridized carbons (Fsp3) is 0.929. The van der Waals surface area contributed by atoms with E-state index in [4.69, 9.17) is 5.11 Å². The maximum absolute atomic E-state index is 8.62. The number of nitrogens with zero attached hydrogens (tertiary/aromatic N) is 1. The van der Waals surface area contributed by atoms with Gasteiger partial charge in [-0.2, -0.15) is 11.8 Å². The van der Waals surface area contributed by atoms with Gasteiger partial charge in [-0.25, -0.2) is 0 Å². The molecule has 2 nitrogen and oxygen atoms in total. The molecule has 0 unspecified atom stereocenters. The third-order valence-electron chi connectivity index (χ3n) is 2.52. The van der Waals surface area contributed by atoms with Crippen LogP contribution in [0.15, 0.2) is 4.99 Å². The first kappa shape index (κ1) is 17.0. The van der Waals surface area contributed by atoms with Crippen molar-refractivity contribution in [1.29, 1.82) is 0 Å². The van der Waals surface area contributed by atoms with E-state index >= 15 is 0 Å². The van der Waals surface area contributed by atoms with Crippen molar-refractivity contribution in [1.82, 2.24) is 0 Å². The van der Waals surface area contributed by atoms with Crippen LogP contribution < -0.4 is 0 Å². The lowest BCUT2D eigenvalue weighted by molar-refractivity contribution is 0.322. The largest absolute Gasteiger partial charge is 0.396 e. The normalized spacial score (nSPS) is 12.4. The molecule has 3 heteroatoms. The average Bonchev–Trinajstić information content (AvgIpc) is 2.26. The van der Waals surface area contributed by atoms with Gasteiger partial charge in [0.15, 0.2) is 0 Å². The molecular formula is C14H29NOS. The van der Waals surface area contributed by atoms with Gasteiger partial charge in [-0.15, -0.1) is 0 Å². The highest BCUT2D eigenvalue weighted by Crippen LogP contribution is 2.07. The Labute approximate surface area is 111 Å². The number of aliphatic imine (C=N–C) groups is 1. The highest BCUT2D eigenvalue weighted by molar-refractivity contribution is 7.99. The molecule has 0 saturated carbocycles. The van der Waals surface area contributed by atoms with Gasteiger partial charge in [0, 0.05) is 18.0 Å². The summed E-state index contributed by atoms with van der Waals surface area (Å²) >= 11 is 1.85. The first-order chi connectivity index (χ1) is 8.16. The van der Waals surface area contributed by atoms with Crippen LogP contribution in [0.25, 0.3) is 0 Å². The second-order valence-corrected chi connectivity index (χ2v) is 6.19. The van der Waals surface area contributed by atoms with E-state index in [-0.39, 0.29) is 0 Å². The van der Waals surface area contributed by atoms with Crippen molar-refractivity contribution in [3.63, 3.8) is 0 Å². The van der Waals surface area contributed by atoms with Gasteiger partial charge in [0.2, 0.25) is 0 Å². The first-order valence-corrected chi connectivity index (χ1v) is 8.00. The maximum atomic E-state index is 8.62. The van der Waals surface area contributed by atoms with Crippen LogP contribution in [0.4, 0.5) is 0 Å². The van der Waals surface area contributed by atoms with Crippen molar-refractivity contribution < 1.29 is 5.11 Å². The second-order valence-electron chi connectivity index (χ2n) is 4.97. The third-order valence-corrected chi connectivity index (χ3v) is 3.57. The number of aliphatic hydroxyl groups excluding tert-OH is 1. The van der Waals surface area contributed by atoms with Crippen molar-refractivity contribution in [2.45, 2.75) is 52.9 Å². The van der Waals surface area contributed by atoms with Gasteiger partial charge in [0.1, 0.15) is 0 Å². The summed E-state index contributed by atoms with van der Waals surface area (Å²) in [4.78, 5) is 4.59. The van der Waals surface area contributed by atoms with Crippen LogP contribution in [-0.2, 0) is 0 Å². The smallest absolute Gasteiger partial charge is 0.0521 e. The monoisotopic (exact) mass is 259 g/mol. The molecule has 0 amide bonds. The molecule has 17 heavy (non-hydrogen) atoms. The number of aliphatic hydroxyl groups is 1. The summed E-state index contributed by atoms with van der Waals surface area (Å²) in [6, 6.07) is 0. The Morgan fingerprint density at radius 1 is 1.12 bits per heavy atom. The Bertz CT molecular complexity index is 193. The van der Waals surface area contributed by atoms with E-state index in [0.29, 0.717) is 6.61 Å². The average molecular weight is 259 g/mol. The highest BCUT2D eigenvalue weighted by Gasteiger charge is 1.96. The summed E-state index contributed by atoms with van der Waals surface area (Å²) in [6.45, 7) is 7.94. The summed E-state index contributed by atoms with van der Waals surface area (Å²) in [6.07, 6.45) is 6.23. The third kappa shape index (κ3) is 13.9. The molecule has 0 fully saturated rings. The van der Waals surface area contributed by atoms with Crippen molar-refractivity contribution in [2.24, 2.45) is 10.9 Å². The van der Waals surface area contributed by atoms with Crippen LogP contribution in [0.5, 0.6) is 0 Å². The number of hydrogen-bond donors (Lipinski definition) is 1. The van der Waals surface area contributed by atoms with Crippen LogP contribution in [0.3, 0.4) is 0 Å². The lowest BCUT2D eigenvalue weighted by Gasteiger charge is -2.04. The molecule has 0 aromatic heterocycles.